The minimum Gasteiger partial charge on any atom is -0.383 e. The molecule has 0 aliphatic carbocycles. The lowest BCUT2D eigenvalue weighted by Crippen LogP contribution is -2.38. The summed E-state index contributed by atoms with van der Waals surface area (Å²) in [6.45, 7) is 0.687. The predicted octanol–water partition coefficient (Wildman–Crippen LogP) is 1.95. The van der Waals surface area contributed by atoms with Crippen molar-refractivity contribution >= 4 is 29.3 Å². The van der Waals surface area contributed by atoms with Crippen molar-refractivity contribution in [2.24, 2.45) is 0 Å². The number of carbonyl (C=O) groups is 2. The third-order valence-corrected chi connectivity index (χ3v) is 3.50. The third-order valence-electron chi connectivity index (χ3n) is 3.50. The summed E-state index contributed by atoms with van der Waals surface area (Å²) in [6.07, 6.45) is 3.04. The van der Waals surface area contributed by atoms with Crippen molar-refractivity contribution in [3.8, 4) is 0 Å². The van der Waals surface area contributed by atoms with E-state index in [1.165, 1.54) is 18.2 Å². The van der Waals surface area contributed by atoms with Crippen molar-refractivity contribution in [3.05, 3.63) is 76.4 Å². The van der Waals surface area contributed by atoms with E-state index in [0.29, 0.717) is 18.8 Å². The summed E-state index contributed by atoms with van der Waals surface area (Å²) >= 11 is 0. The first-order valence-corrected chi connectivity index (χ1v) is 8.30. The van der Waals surface area contributed by atoms with E-state index >= 15 is 0 Å². The van der Waals surface area contributed by atoms with Crippen molar-refractivity contribution in [2.75, 3.05) is 25.0 Å². The van der Waals surface area contributed by atoms with E-state index in [1.807, 2.05) is 30.3 Å². The molecular formula is C19H20N4O4. The van der Waals surface area contributed by atoms with Crippen LogP contribution in [0.3, 0.4) is 0 Å². The first kappa shape index (κ1) is 19.6. The van der Waals surface area contributed by atoms with E-state index in [-0.39, 0.29) is 24.0 Å². The maximum absolute atomic E-state index is 11.7. The molecule has 0 aliphatic heterocycles. The Kier molecular flexibility index (Phi) is 7.52. The summed E-state index contributed by atoms with van der Waals surface area (Å²) in [5.41, 5.74) is 1.63. The highest BCUT2D eigenvalue weighted by Crippen LogP contribution is 2.14. The van der Waals surface area contributed by atoms with Crippen LogP contribution in [0.25, 0.3) is 6.08 Å². The molecule has 0 aliphatic rings. The van der Waals surface area contributed by atoms with Crippen LogP contribution in [0.2, 0.25) is 0 Å². The van der Waals surface area contributed by atoms with Gasteiger partial charge in [0.2, 0.25) is 11.8 Å². The fourth-order valence-corrected chi connectivity index (χ4v) is 2.13. The summed E-state index contributed by atoms with van der Waals surface area (Å²) in [5.74, 6) is -0.653. The molecule has 0 saturated carbocycles. The van der Waals surface area contributed by atoms with Crippen LogP contribution < -0.4 is 16.0 Å². The lowest BCUT2D eigenvalue weighted by molar-refractivity contribution is -0.384. The number of nitrogens with one attached hydrogen (secondary N) is 3. The number of hydrogen-bond donors (Lipinski definition) is 3. The molecule has 2 aromatic carbocycles. The molecule has 8 nitrogen and oxygen atoms in total. The Hall–Kier alpha value is -3.68. The van der Waals surface area contributed by atoms with E-state index < -0.39 is 4.92 Å². The molecule has 0 radical (unpaired) electrons. The quantitative estimate of drug-likeness (QED) is 0.271. The monoisotopic (exact) mass is 368 g/mol. The van der Waals surface area contributed by atoms with Gasteiger partial charge < -0.3 is 16.0 Å². The van der Waals surface area contributed by atoms with Gasteiger partial charge in [0.05, 0.1) is 11.5 Å². The molecule has 27 heavy (non-hydrogen) atoms. The van der Waals surface area contributed by atoms with Crippen LogP contribution in [-0.2, 0) is 9.59 Å². The number of anilines is 1. The van der Waals surface area contributed by atoms with E-state index in [1.54, 1.807) is 18.2 Å². The molecule has 0 heterocycles. The van der Waals surface area contributed by atoms with Gasteiger partial charge in [-0.3, -0.25) is 19.7 Å². The van der Waals surface area contributed by atoms with Crippen molar-refractivity contribution in [1.29, 1.82) is 0 Å². The van der Waals surface area contributed by atoms with Crippen molar-refractivity contribution < 1.29 is 14.5 Å². The van der Waals surface area contributed by atoms with Gasteiger partial charge in [0.15, 0.2) is 0 Å². The number of non-ortho nitro benzene ring substituents is 1. The van der Waals surface area contributed by atoms with Gasteiger partial charge in [-0.1, -0.05) is 30.3 Å². The Balaban J connectivity index is 1.61. The van der Waals surface area contributed by atoms with Crippen LogP contribution in [-0.4, -0.2) is 36.4 Å². The van der Waals surface area contributed by atoms with Crippen molar-refractivity contribution in [3.63, 3.8) is 0 Å². The second kappa shape index (κ2) is 10.3. The Bertz CT molecular complexity index is 804. The minimum absolute atomic E-state index is 0.0194. The standard InChI is InChI=1S/C19H20N4O4/c24-18(11-6-15-4-2-1-3-5-15)22-14-19(25)21-13-12-20-16-7-9-17(10-8-16)23(26)27/h1-11,20H,12-14H2,(H,21,25)(H,22,24)/b11-6+. The van der Waals surface area contributed by atoms with Crippen LogP contribution in [0, 0.1) is 10.1 Å². The molecule has 0 aromatic heterocycles. The second-order valence-corrected chi connectivity index (χ2v) is 5.54. The number of rotatable bonds is 9. The summed E-state index contributed by atoms with van der Waals surface area (Å²) in [5, 5.41) is 18.8. The molecule has 0 saturated heterocycles. The van der Waals surface area contributed by atoms with Gasteiger partial charge in [-0.25, -0.2) is 0 Å². The zero-order valence-electron chi connectivity index (χ0n) is 14.6. The van der Waals surface area contributed by atoms with Crippen LogP contribution in [0.1, 0.15) is 5.56 Å². The van der Waals surface area contributed by atoms with E-state index in [2.05, 4.69) is 16.0 Å². The smallest absolute Gasteiger partial charge is 0.269 e. The van der Waals surface area contributed by atoms with E-state index in [0.717, 1.165) is 5.56 Å². The number of benzene rings is 2. The average Bonchev–Trinajstić information content (AvgIpc) is 2.69. The first-order chi connectivity index (χ1) is 13.0. The minimum atomic E-state index is -0.465. The first-order valence-electron chi connectivity index (χ1n) is 8.30. The van der Waals surface area contributed by atoms with Gasteiger partial charge in [-0.2, -0.15) is 0 Å². The molecule has 0 bridgehead atoms. The molecule has 140 valence electrons. The maximum Gasteiger partial charge on any atom is 0.269 e. The lowest BCUT2D eigenvalue weighted by Gasteiger charge is -2.08. The van der Waals surface area contributed by atoms with Crippen LogP contribution in [0.15, 0.2) is 60.7 Å². The largest absolute Gasteiger partial charge is 0.383 e. The molecule has 0 spiro atoms. The van der Waals surface area contributed by atoms with Gasteiger partial charge in [0, 0.05) is 37.0 Å². The number of hydrogen-bond acceptors (Lipinski definition) is 5. The molecule has 2 rings (SSSR count). The highest BCUT2D eigenvalue weighted by Gasteiger charge is 2.04. The van der Waals surface area contributed by atoms with Gasteiger partial charge >= 0.3 is 0 Å². The van der Waals surface area contributed by atoms with Gasteiger partial charge in [0.25, 0.3) is 5.69 Å². The SMILES string of the molecule is O=C(/C=C/c1ccccc1)NCC(=O)NCCNc1ccc([N+](=O)[O-])cc1. The van der Waals surface area contributed by atoms with Gasteiger partial charge in [0.1, 0.15) is 0 Å². The number of amides is 2. The Morgan fingerprint density at radius 1 is 0.963 bits per heavy atom. The van der Waals surface area contributed by atoms with Crippen LogP contribution >= 0.6 is 0 Å². The summed E-state index contributed by atoms with van der Waals surface area (Å²) in [4.78, 5) is 33.5. The van der Waals surface area contributed by atoms with E-state index in [4.69, 9.17) is 0 Å². The van der Waals surface area contributed by atoms with Gasteiger partial charge in [-0.15, -0.1) is 0 Å². The Labute approximate surface area is 156 Å². The number of nitro benzene ring substituents is 1. The molecule has 0 unspecified atom stereocenters. The predicted molar refractivity (Wildman–Crippen MR) is 103 cm³/mol. The lowest BCUT2D eigenvalue weighted by atomic mass is 10.2. The van der Waals surface area contributed by atoms with Crippen molar-refractivity contribution in [1.82, 2.24) is 10.6 Å². The molecule has 3 N–H and O–H groups in total. The summed E-state index contributed by atoms with van der Waals surface area (Å²) in [7, 11) is 0. The maximum atomic E-state index is 11.7. The molecule has 2 aromatic rings. The van der Waals surface area contributed by atoms with Crippen molar-refractivity contribution in [2.45, 2.75) is 0 Å². The third kappa shape index (κ3) is 7.39. The summed E-state index contributed by atoms with van der Waals surface area (Å²) in [6, 6.07) is 15.4. The molecule has 0 fully saturated rings. The highest BCUT2D eigenvalue weighted by atomic mass is 16.6. The molecule has 2 amide bonds. The van der Waals surface area contributed by atoms with Crippen LogP contribution in [0.5, 0.6) is 0 Å². The van der Waals surface area contributed by atoms with Crippen LogP contribution in [0.4, 0.5) is 11.4 Å². The Morgan fingerprint density at radius 2 is 1.67 bits per heavy atom. The zero-order valence-corrected chi connectivity index (χ0v) is 14.6. The second-order valence-electron chi connectivity index (χ2n) is 5.54. The average molecular weight is 368 g/mol. The Morgan fingerprint density at radius 3 is 2.33 bits per heavy atom. The zero-order chi connectivity index (χ0) is 19.5. The van der Waals surface area contributed by atoms with E-state index in [9.17, 15) is 19.7 Å². The fourth-order valence-electron chi connectivity index (χ4n) is 2.13. The fraction of sp³-hybridized carbons (Fsp3) is 0.158. The number of nitro groups is 1. The molecular weight excluding hydrogens is 348 g/mol. The molecule has 8 heteroatoms. The topological polar surface area (TPSA) is 113 Å². The van der Waals surface area contributed by atoms with Gasteiger partial charge in [-0.05, 0) is 23.8 Å². The summed E-state index contributed by atoms with van der Waals surface area (Å²) < 4.78 is 0. The number of nitrogens with zero attached hydrogens (tertiary/aromatic N) is 1. The highest BCUT2D eigenvalue weighted by molar-refractivity contribution is 5.94. The number of carbonyl (C=O) groups excluding carboxylic acids is 2. The normalized spacial score (nSPS) is 10.4. The molecule has 0 atom stereocenters.